The normalized spacial score (nSPS) is 16.6. The highest BCUT2D eigenvalue weighted by atomic mass is 35.5. The van der Waals surface area contributed by atoms with Crippen LogP contribution in [0.1, 0.15) is 29.0 Å². The number of fused-ring (bicyclic) bond motifs is 1. The number of benzene rings is 2. The van der Waals surface area contributed by atoms with E-state index >= 15 is 0 Å². The van der Waals surface area contributed by atoms with Gasteiger partial charge in [-0.1, -0.05) is 48.0 Å². The van der Waals surface area contributed by atoms with Crippen LogP contribution in [-0.2, 0) is 4.79 Å². The third kappa shape index (κ3) is 2.49. The average Bonchev–Trinajstić information content (AvgIpc) is 2.99. The third-order valence-electron chi connectivity index (χ3n) is 4.50. The molecule has 2 heterocycles. The molecule has 1 atom stereocenters. The molecule has 0 aliphatic carbocycles. The average molecular weight is 338 g/mol. The van der Waals surface area contributed by atoms with Crippen molar-refractivity contribution in [2.45, 2.75) is 19.3 Å². The van der Waals surface area contributed by atoms with Gasteiger partial charge in [-0.15, -0.1) is 0 Å². The Kier molecular flexibility index (Phi) is 3.62. The fraction of sp³-hybridized carbons (Fsp3) is 0.158. The number of aromatic amines is 1. The van der Waals surface area contributed by atoms with E-state index in [0.29, 0.717) is 17.3 Å². The highest BCUT2D eigenvalue weighted by molar-refractivity contribution is 6.30. The van der Waals surface area contributed by atoms with Gasteiger partial charge in [0, 0.05) is 28.5 Å². The van der Waals surface area contributed by atoms with E-state index < -0.39 is 0 Å². The maximum absolute atomic E-state index is 12.1. The van der Waals surface area contributed by atoms with Crippen molar-refractivity contribution in [1.29, 1.82) is 0 Å². The van der Waals surface area contributed by atoms with Crippen LogP contribution < -0.4 is 5.32 Å². The predicted molar refractivity (Wildman–Crippen MR) is 95.3 cm³/mol. The number of amides is 1. The van der Waals surface area contributed by atoms with Crippen molar-refractivity contribution in [3.05, 3.63) is 70.2 Å². The number of hydrogen-bond acceptors (Lipinski definition) is 2. The first-order chi connectivity index (χ1) is 11.6. The fourth-order valence-corrected chi connectivity index (χ4v) is 3.46. The number of nitrogens with one attached hydrogen (secondary N) is 2. The van der Waals surface area contributed by atoms with Gasteiger partial charge in [-0.3, -0.25) is 9.89 Å². The number of H-pyrrole nitrogens is 1. The van der Waals surface area contributed by atoms with E-state index in [1.807, 2.05) is 36.4 Å². The zero-order chi connectivity index (χ0) is 16.7. The Hall–Kier alpha value is -2.59. The second kappa shape index (κ2) is 5.80. The Morgan fingerprint density at radius 3 is 2.62 bits per heavy atom. The van der Waals surface area contributed by atoms with Gasteiger partial charge in [-0.25, -0.2) is 0 Å². The van der Waals surface area contributed by atoms with Gasteiger partial charge in [-0.05, 0) is 30.2 Å². The van der Waals surface area contributed by atoms with Crippen LogP contribution in [0, 0.1) is 6.92 Å². The van der Waals surface area contributed by atoms with Gasteiger partial charge in [0.15, 0.2) is 5.82 Å². The van der Waals surface area contributed by atoms with Crippen LogP contribution >= 0.6 is 11.6 Å². The van der Waals surface area contributed by atoms with Gasteiger partial charge in [0.05, 0.1) is 5.69 Å². The minimum atomic E-state index is -0.0145. The van der Waals surface area contributed by atoms with Gasteiger partial charge in [-0.2, -0.15) is 5.10 Å². The van der Waals surface area contributed by atoms with Gasteiger partial charge < -0.3 is 5.32 Å². The summed E-state index contributed by atoms with van der Waals surface area (Å²) in [7, 11) is 0. The number of nitrogens with zero attached hydrogens (tertiary/aromatic N) is 1. The third-order valence-corrected chi connectivity index (χ3v) is 4.75. The van der Waals surface area contributed by atoms with Crippen molar-refractivity contribution in [3.8, 4) is 11.3 Å². The molecule has 3 aromatic rings. The molecular weight excluding hydrogens is 322 g/mol. The molecule has 5 heteroatoms. The van der Waals surface area contributed by atoms with Gasteiger partial charge in [0.1, 0.15) is 0 Å². The van der Waals surface area contributed by atoms with Crippen molar-refractivity contribution < 1.29 is 4.79 Å². The lowest BCUT2D eigenvalue weighted by atomic mass is 9.82. The molecule has 1 unspecified atom stereocenters. The quantitative estimate of drug-likeness (QED) is 0.722. The van der Waals surface area contributed by atoms with Crippen LogP contribution in [0.2, 0.25) is 5.02 Å². The van der Waals surface area contributed by atoms with Crippen molar-refractivity contribution in [2.75, 3.05) is 5.32 Å². The lowest BCUT2D eigenvalue weighted by Gasteiger charge is -2.24. The number of carbonyl (C=O) groups excluding carboxylic acids is 1. The maximum atomic E-state index is 12.1. The molecule has 2 N–H and O–H groups in total. The van der Waals surface area contributed by atoms with E-state index in [2.05, 4.69) is 34.6 Å². The molecule has 2 aromatic carbocycles. The summed E-state index contributed by atoms with van der Waals surface area (Å²) in [5, 5.41) is 11.0. The van der Waals surface area contributed by atoms with Crippen LogP contribution in [0.5, 0.6) is 0 Å². The van der Waals surface area contributed by atoms with Crippen LogP contribution in [0.15, 0.2) is 48.5 Å². The van der Waals surface area contributed by atoms with E-state index in [9.17, 15) is 4.79 Å². The predicted octanol–water partition coefficient (Wildman–Crippen LogP) is 4.51. The smallest absolute Gasteiger partial charge is 0.226 e. The molecule has 1 aliphatic heterocycles. The SMILES string of the molecule is Cc1ccccc1C1CC(=O)Nc2n[nH]c(-c3ccc(Cl)cc3)c21. The highest BCUT2D eigenvalue weighted by Gasteiger charge is 2.32. The first-order valence-corrected chi connectivity index (χ1v) is 8.21. The maximum Gasteiger partial charge on any atom is 0.226 e. The summed E-state index contributed by atoms with van der Waals surface area (Å²) >= 11 is 6.00. The van der Waals surface area contributed by atoms with Gasteiger partial charge in [0.25, 0.3) is 0 Å². The summed E-state index contributed by atoms with van der Waals surface area (Å²) in [4.78, 5) is 12.1. The molecule has 24 heavy (non-hydrogen) atoms. The Morgan fingerprint density at radius 2 is 1.88 bits per heavy atom. The molecule has 1 aromatic heterocycles. The summed E-state index contributed by atoms with van der Waals surface area (Å²) in [5.74, 6) is 0.591. The second-order valence-corrected chi connectivity index (χ2v) is 6.47. The zero-order valence-corrected chi connectivity index (χ0v) is 13.9. The first-order valence-electron chi connectivity index (χ1n) is 7.83. The number of halogens is 1. The molecule has 4 rings (SSSR count). The summed E-state index contributed by atoms with van der Waals surface area (Å²) in [6.07, 6.45) is 0.415. The monoisotopic (exact) mass is 337 g/mol. The molecule has 0 saturated heterocycles. The van der Waals surface area contributed by atoms with Crippen molar-refractivity contribution in [3.63, 3.8) is 0 Å². The molecule has 120 valence electrons. The summed E-state index contributed by atoms with van der Waals surface area (Å²) in [6.45, 7) is 2.07. The molecule has 0 fully saturated rings. The standard InChI is InChI=1S/C19H16ClN3O/c1-11-4-2-3-5-14(11)15-10-16(24)21-19-17(15)18(22-23-19)12-6-8-13(20)9-7-12/h2-9,15H,10H2,1H3,(H2,21,22,23,24). The fourth-order valence-electron chi connectivity index (χ4n) is 3.34. The summed E-state index contributed by atoms with van der Waals surface area (Å²) < 4.78 is 0. The topological polar surface area (TPSA) is 57.8 Å². The molecule has 0 radical (unpaired) electrons. The number of aryl methyl sites for hydroxylation is 1. The molecule has 4 nitrogen and oxygen atoms in total. The molecule has 1 amide bonds. The lowest BCUT2D eigenvalue weighted by Crippen LogP contribution is -2.23. The Labute approximate surface area is 144 Å². The highest BCUT2D eigenvalue weighted by Crippen LogP contribution is 2.42. The van der Waals surface area contributed by atoms with E-state index in [0.717, 1.165) is 22.4 Å². The minimum absolute atomic E-state index is 0.00934. The van der Waals surface area contributed by atoms with Crippen molar-refractivity contribution in [2.24, 2.45) is 0 Å². The van der Waals surface area contributed by atoms with Gasteiger partial charge >= 0.3 is 0 Å². The Bertz CT molecular complexity index is 915. The van der Waals surface area contributed by atoms with Gasteiger partial charge in [0.2, 0.25) is 5.91 Å². The number of carbonyl (C=O) groups is 1. The van der Waals surface area contributed by atoms with E-state index in [1.54, 1.807) is 0 Å². The Morgan fingerprint density at radius 1 is 1.12 bits per heavy atom. The van der Waals surface area contributed by atoms with E-state index in [4.69, 9.17) is 11.6 Å². The van der Waals surface area contributed by atoms with E-state index in [1.165, 1.54) is 5.56 Å². The largest absolute Gasteiger partial charge is 0.309 e. The summed E-state index contributed by atoms with van der Waals surface area (Å²) in [5.41, 5.74) is 5.29. The molecule has 0 saturated carbocycles. The number of rotatable bonds is 2. The summed E-state index contributed by atoms with van der Waals surface area (Å²) in [6, 6.07) is 15.8. The van der Waals surface area contributed by atoms with Crippen LogP contribution in [-0.4, -0.2) is 16.1 Å². The number of hydrogen-bond donors (Lipinski definition) is 2. The Balaban J connectivity index is 1.89. The zero-order valence-electron chi connectivity index (χ0n) is 13.1. The van der Waals surface area contributed by atoms with Crippen LogP contribution in [0.25, 0.3) is 11.3 Å². The second-order valence-electron chi connectivity index (χ2n) is 6.03. The molecule has 1 aliphatic rings. The van der Waals surface area contributed by atoms with Crippen LogP contribution in [0.4, 0.5) is 5.82 Å². The van der Waals surface area contributed by atoms with E-state index in [-0.39, 0.29) is 11.8 Å². The van der Waals surface area contributed by atoms with Crippen molar-refractivity contribution in [1.82, 2.24) is 10.2 Å². The van der Waals surface area contributed by atoms with Crippen molar-refractivity contribution >= 4 is 23.3 Å². The molecule has 0 bridgehead atoms. The van der Waals surface area contributed by atoms with Crippen LogP contribution in [0.3, 0.4) is 0 Å². The molecular formula is C19H16ClN3O. The number of anilines is 1. The minimum Gasteiger partial charge on any atom is -0.309 e. The first kappa shape index (κ1) is 15.0. The lowest BCUT2D eigenvalue weighted by molar-refractivity contribution is -0.116. The molecule has 0 spiro atoms. The number of aromatic nitrogens is 2.